The highest BCUT2D eigenvalue weighted by Gasteiger charge is 2.32. The molecule has 1 aromatic rings. The van der Waals surface area contributed by atoms with E-state index in [-0.39, 0.29) is 17.9 Å². The van der Waals surface area contributed by atoms with Gasteiger partial charge in [0.1, 0.15) is 0 Å². The van der Waals surface area contributed by atoms with Crippen molar-refractivity contribution >= 4 is 17.5 Å². The van der Waals surface area contributed by atoms with E-state index in [0.29, 0.717) is 17.5 Å². The molecule has 1 amide bonds. The molecular weight excluding hydrogens is 260 g/mol. The second-order valence-electron chi connectivity index (χ2n) is 5.28. The Hall–Kier alpha value is -1.06. The van der Waals surface area contributed by atoms with Gasteiger partial charge in [0.05, 0.1) is 6.04 Å². The maximum atomic E-state index is 12.3. The Labute approximate surface area is 119 Å². The largest absolute Gasteiger partial charge is 0.349 e. The Morgan fingerprint density at radius 1 is 1.47 bits per heavy atom. The summed E-state index contributed by atoms with van der Waals surface area (Å²) in [6.07, 6.45) is 3.11. The normalized spacial score (nSPS) is 24.2. The minimum absolute atomic E-state index is 0.0648. The van der Waals surface area contributed by atoms with E-state index in [1.165, 1.54) is 0 Å². The molecule has 104 valence electrons. The minimum Gasteiger partial charge on any atom is -0.349 e. The molecule has 0 heterocycles. The van der Waals surface area contributed by atoms with Crippen molar-refractivity contribution in [3.8, 4) is 0 Å². The summed E-state index contributed by atoms with van der Waals surface area (Å²) in [5.74, 6) is 0.508. The van der Waals surface area contributed by atoms with Crippen molar-refractivity contribution in [3.63, 3.8) is 0 Å². The van der Waals surface area contributed by atoms with E-state index in [9.17, 15) is 4.79 Å². The standard InChI is InChI=1S/C15H21ClN2O/c1-10(12-6-2-3-8-14(12)16)18-15(19)13-7-4-5-11(13)9-17/h2-3,6,8,10-11,13H,4-5,7,9,17H2,1H3,(H,18,19)/t10-,11?,13?/m0/s1. The van der Waals surface area contributed by atoms with Crippen molar-refractivity contribution in [2.24, 2.45) is 17.6 Å². The fraction of sp³-hybridized carbons (Fsp3) is 0.533. The molecule has 0 saturated heterocycles. The topological polar surface area (TPSA) is 55.1 Å². The first-order chi connectivity index (χ1) is 9.13. The molecule has 3 nitrogen and oxygen atoms in total. The van der Waals surface area contributed by atoms with Crippen molar-refractivity contribution in [1.29, 1.82) is 0 Å². The number of nitrogens with one attached hydrogen (secondary N) is 1. The predicted molar refractivity (Wildman–Crippen MR) is 77.9 cm³/mol. The second-order valence-corrected chi connectivity index (χ2v) is 5.69. The van der Waals surface area contributed by atoms with E-state index in [0.717, 1.165) is 24.8 Å². The highest BCUT2D eigenvalue weighted by molar-refractivity contribution is 6.31. The van der Waals surface area contributed by atoms with Crippen LogP contribution in [-0.2, 0) is 4.79 Å². The van der Waals surface area contributed by atoms with E-state index < -0.39 is 0 Å². The summed E-state index contributed by atoms with van der Waals surface area (Å²) in [6.45, 7) is 2.56. The molecule has 0 aromatic heterocycles. The van der Waals surface area contributed by atoms with Gasteiger partial charge in [-0.25, -0.2) is 0 Å². The van der Waals surface area contributed by atoms with Crippen LogP contribution in [0.5, 0.6) is 0 Å². The Morgan fingerprint density at radius 2 is 2.21 bits per heavy atom. The molecular formula is C15H21ClN2O. The maximum absolute atomic E-state index is 12.3. The van der Waals surface area contributed by atoms with Crippen molar-refractivity contribution in [2.75, 3.05) is 6.54 Å². The number of benzene rings is 1. The van der Waals surface area contributed by atoms with Crippen molar-refractivity contribution in [2.45, 2.75) is 32.2 Å². The van der Waals surface area contributed by atoms with Gasteiger partial charge in [-0.3, -0.25) is 4.79 Å². The summed E-state index contributed by atoms with van der Waals surface area (Å²) in [7, 11) is 0. The number of carbonyl (C=O) groups excluding carboxylic acids is 1. The molecule has 1 aromatic carbocycles. The predicted octanol–water partition coefficient (Wildman–Crippen LogP) is 2.89. The number of hydrogen-bond acceptors (Lipinski definition) is 2. The highest BCUT2D eigenvalue weighted by atomic mass is 35.5. The molecule has 3 atom stereocenters. The van der Waals surface area contributed by atoms with Crippen LogP contribution in [0.2, 0.25) is 5.02 Å². The fourth-order valence-corrected chi connectivity index (χ4v) is 3.19. The smallest absolute Gasteiger partial charge is 0.223 e. The van der Waals surface area contributed by atoms with Crippen LogP contribution in [0.15, 0.2) is 24.3 Å². The third-order valence-corrected chi connectivity index (χ3v) is 4.37. The van der Waals surface area contributed by atoms with Crippen LogP contribution in [0.4, 0.5) is 0 Å². The molecule has 0 aliphatic heterocycles. The second kappa shape index (κ2) is 6.40. The summed E-state index contributed by atoms with van der Waals surface area (Å²) in [5, 5.41) is 3.76. The first-order valence-electron chi connectivity index (χ1n) is 6.88. The Bertz CT molecular complexity index is 450. The van der Waals surface area contributed by atoms with Gasteiger partial charge in [-0.15, -0.1) is 0 Å². The minimum atomic E-state index is -0.0692. The van der Waals surface area contributed by atoms with Crippen LogP contribution in [0.3, 0.4) is 0 Å². The molecule has 0 bridgehead atoms. The molecule has 0 spiro atoms. The molecule has 3 N–H and O–H groups in total. The third kappa shape index (κ3) is 3.28. The molecule has 2 unspecified atom stereocenters. The lowest BCUT2D eigenvalue weighted by atomic mass is 9.94. The molecule has 2 rings (SSSR count). The molecule has 19 heavy (non-hydrogen) atoms. The van der Waals surface area contributed by atoms with Gasteiger partial charge >= 0.3 is 0 Å². The highest BCUT2D eigenvalue weighted by Crippen LogP contribution is 2.32. The number of halogens is 1. The van der Waals surface area contributed by atoms with Crippen LogP contribution in [0.25, 0.3) is 0 Å². The zero-order chi connectivity index (χ0) is 13.8. The van der Waals surface area contributed by atoms with Gasteiger partial charge in [-0.1, -0.05) is 36.2 Å². The van der Waals surface area contributed by atoms with E-state index >= 15 is 0 Å². The fourth-order valence-electron chi connectivity index (χ4n) is 2.89. The zero-order valence-electron chi connectivity index (χ0n) is 11.2. The number of rotatable bonds is 4. The van der Waals surface area contributed by atoms with E-state index in [4.69, 9.17) is 17.3 Å². The molecule has 1 saturated carbocycles. The van der Waals surface area contributed by atoms with Gasteiger partial charge in [-0.05, 0) is 43.9 Å². The SMILES string of the molecule is C[C@H](NC(=O)C1CCCC1CN)c1ccccc1Cl. The van der Waals surface area contributed by atoms with Crippen molar-refractivity contribution in [1.82, 2.24) is 5.32 Å². The molecule has 4 heteroatoms. The van der Waals surface area contributed by atoms with E-state index in [1.807, 2.05) is 31.2 Å². The lowest BCUT2D eigenvalue weighted by Crippen LogP contribution is -2.36. The number of amides is 1. The van der Waals surface area contributed by atoms with E-state index in [1.54, 1.807) is 0 Å². The van der Waals surface area contributed by atoms with Crippen LogP contribution >= 0.6 is 11.6 Å². The van der Waals surface area contributed by atoms with Crippen LogP contribution in [-0.4, -0.2) is 12.5 Å². The van der Waals surface area contributed by atoms with Gasteiger partial charge in [0.15, 0.2) is 0 Å². The van der Waals surface area contributed by atoms with Gasteiger partial charge in [-0.2, -0.15) is 0 Å². The average Bonchev–Trinajstić information content (AvgIpc) is 2.87. The summed E-state index contributed by atoms with van der Waals surface area (Å²) in [5.41, 5.74) is 6.69. The van der Waals surface area contributed by atoms with Crippen molar-refractivity contribution in [3.05, 3.63) is 34.9 Å². The van der Waals surface area contributed by atoms with Gasteiger partial charge in [0.2, 0.25) is 5.91 Å². The Morgan fingerprint density at radius 3 is 2.89 bits per heavy atom. The lowest BCUT2D eigenvalue weighted by molar-refractivity contribution is -0.126. The maximum Gasteiger partial charge on any atom is 0.223 e. The summed E-state index contributed by atoms with van der Waals surface area (Å²) >= 11 is 6.15. The molecule has 1 fully saturated rings. The van der Waals surface area contributed by atoms with E-state index in [2.05, 4.69) is 5.32 Å². The lowest BCUT2D eigenvalue weighted by Gasteiger charge is -2.21. The number of hydrogen-bond donors (Lipinski definition) is 2. The summed E-state index contributed by atoms with van der Waals surface area (Å²) in [6, 6.07) is 7.55. The van der Waals surface area contributed by atoms with Crippen LogP contribution in [0, 0.1) is 11.8 Å². The van der Waals surface area contributed by atoms with Gasteiger partial charge < -0.3 is 11.1 Å². The van der Waals surface area contributed by atoms with Gasteiger partial charge in [0, 0.05) is 10.9 Å². The average molecular weight is 281 g/mol. The Balaban J connectivity index is 2.01. The zero-order valence-corrected chi connectivity index (χ0v) is 12.0. The van der Waals surface area contributed by atoms with Crippen molar-refractivity contribution < 1.29 is 4.79 Å². The first kappa shape index (κ1) is 14.4. The number of nitrogens with two attached hydrogens (primary N) is 1. The quantitative estimate of drug-likeness (QED) is 0.891. The van der Waals surface area contributed by atoms with Gasteiger partial charge in [0.25, 0.3) is 0 Å². The first-order valence-corrected chi connectivity index (χ1v) is 7.26. The molecule has 0 radical (unpaired) electrons. The summed E-state index contributed by atoms with van der Waals surface area (Å²) < 4.78 is 0. The summed E-state index contributed by atoms with van der Waals surface area (Å²) in [4.78, 5) is 12.3. The monoisotopic (exact) mass is 280 g/mol. The molecule has 1 aliphatic rings. The number of carbonyl (C=O) groups is 1. The van der Waals surface area contributed by atoms with Crippen LogP contribution in [0.1, 0.15) is 37.8 Å². The third-order valence-electron chi connectivity index (χ3n) is 4.03. The Kier molecular flexibility index (Phi) is 4.83. The van der Waals surface area contributed by atoms with Crippen LogP contribution < -0.4 is 11.1 Å². The molecule has 1 aliphatic carbocycles.